The van der Waals surface area contributed by atoms with Crippen LogP contribution in [0.15, 0.2) is 22.7 Å². The highest BCUT2D eigenvalue weighted by Gasteiger charge is 2.23. The van der Waals surface area contributed by atoms with Gasteiger partial charge in [-0.1, -0.05) is 15.9 Å². The third-order valence-corrected chi connectivity index (χ3v) is 3.27. The number of halogens is 1. The molecule has 1 amide bonds. The van der Waals surface area contributed by atoms with Crippen molar-refractivity contribution in [2.75, 3.05) is 25.4 Å². The molecule has 1 fully saturated rings. The van der Waals surface area contributed by atoms with Gasteiger partial charge in [0.2, 0.25) is 0 Å². The summed E-state index contributed by atoms with van der Waals surface area (Å²) in [6.07, 6.45) is 0.0843. The Morgan fingerprint density at radius 1 is 1.59 bits per heavy atom. The van der Waals surface area contributed by atoms with E-state index in [2.05, 4.69) is 15.9 Å². The number of nitrogens with zero attached hydrogens (tertiary/aromatic N) is 1. The molecule has 5 heteroatoms. The van der Waals surface area contributed by atoms with E-state index in [4.69, 9.17) is 10.5 Å². The number of amides is 1. The zero-order valence-electron chi connectivity index (χ0n) is 9.65. The predicted octanol–water partition coefficient (Wildman–Crippen LogP) is 1.89. The molecule has 1 aromatic carbocycles. The Labute approximate surface area is 109 Å². The van der Waals surface area contributed by atoms with Gasteiger partial charge in [-0.15, -0.1) is 0 Å². The van der Waals surface area contributed by atoms with E-state index in [-0.39, 0.29) is 12.0 Å². The minimum atomic E-state index is -0.0287. The first-order valence-corrected chi connectivity index (χ1v) is 6.33. The van der Waals surface area contributed by atoms with Crippen LogP contribution in [0.3, 0.4) is 0 Å². The van der Waals surface area contributed by atoms with E-state index >= 15 is 0 Å². The SMILES string of the molecule is CC1CN(C(=O)c2cc(Br)ccc2N)CCO1. The molecule has 1 aliphatic rings. The molecule has 17 heavy (non-hydrogen) atoms. The molecule has 1 saturated heterocycles. The molecular formula is C12H15BrN2O2. The fourth-order valence-corrected chi connectivity index (χ4v) is 2.25. The average Bonchev–Trinajstić information content (AvgIpc) is 2.31. The fraction of sp³-hybridized carbons (Fsp3) is 0.417. The van der Waals surface area contributed by atoms with Crippen molar-refractivity contribution >= 4 is 27.5 Å². The summed E-state index contributed by atoms with van der Waals surface area (Å²) < 4.78 is 6.27. The van der Waals surface area contributed by atoms with Crippen molar-refractivity contribution in [2.24, 2.45) is 0 Å². The fourth-order valence-electron chi connectivity index (χ4n) is 1.89. The number of nitrogens with two attached hydrogens (primary N) is 1. The Balaban J connectivity index is 2.21. The topological polar surface area (TPSA) is 55.6 Å². The third kappa shape index (κ3) is 2.79. The van der Waals surface area contributed by atoms with Crippen molar-refractivity contribution in [3.8, 4) is 0 Å². The van der Waals surface area contributed by atoms with Crippen LogP contribution in [-0.4, -0.2) is 36.6 Å². The molecule has 0 aliphatic carbocycles. The first-order chi connectivity index (χ1) is 8.08. The third-order valence-electron chi connectivity index (χ3n) is 2.77. The number of nitrogen functional groups attached to an aromatic ring is 1. The van der Waals surface area contributed by atoms with Gasteiger partial charge in [0.1, 0.15) is 0 Å². The molecule has 0 bridgehead atoms. The molecule has 0 spiro atoms. The quantitative estimate of drug-likeness (QED) is 0.806. The number of carbonyl (C=O) groups excluding carboxylic acids is 1. The summed E-state index contributed by atoms with van der Waals surface area (Å²) in [5, 5.41) is 0. The van der Waals surface area contributed by atoms with Crippen molar-refractivity contribution < 1.29 is 9.53 Å². The molecule has 1 aromatic rings. The van der Waals surface area contributed by atoms with Gasteiger partial charge in [0.25, 0.3) is 5.91 Å². The number of carbonyl (C=O) groups is 1. The predicted molar refractivity (Wildman–Crippen MR) is 69.9 cm³/mol. The summed E-state index contributed by atoms with van der Waals surface area (Å²) in [6, 6.07) is 5.33. The highest BCUT2D eigenvalue weighted by Crippen LogP contribution is 2.21. The van der Waals surface area contributed by atoms with Crippen molar-refractivity contribution in [1.29, 1.82) is 0 Å². The average molecular weight is 299 g/mol. The van der Waals surface area contributed by atoms with Crippen LogP contribution in [-0.2, 0) is 4.74 Å². The standard InChI is InChI=1S/C12H15BrN2O2/c1-8-7-15(4-5-17-8)12(16)10-6-9(13)2-3-11(10)14/h2-3,6,8H,4-5,7,14H2,1H3. The second kappa shape index (κ2) is 5.06. The number of hydrogen-bond acceptors (Lipinski definition) is 3. The van der Waals surface area contributed by atoms with E-state index in [1.165, 1.54) is 0 Å². The summed E-state index contributed by atoms with van der Waals surface area (Å²) in [7, 11) is 0. The van der Waals surface area contributed by atoms with Gasteiger partial charge >= 0.3 is 0 Å². The van der Waals surface area contributed by atoms with E-state index in [0.717, 1.165) is 4.47 Å². The molecule has 2 N–H and O–H groups in total. The maximum absolute atomic E-state index is 12.3. The Bertz CT molecular complexity index is 437. The van der Waals surface area contributed by atoms with Gasteiger partial charge in [0.15, 0.2) is 0 Å². The molecule has 4 nitrogen and oxygen atoms in total. The van der Waals surface area contributed by atoms with Gasteiger partial charge < -0.3 is 15.4 Å². The summed E-state index contributed by atoms with van der Waals surface area (Å²) in [6.45, 7) is 3.78. The maximum atomic E-state index is 12.3. The summed E-state index contributed by atoms with van der Waals surface area (Å²) >= 11 is 3.35. The molecule has 0 radical (unpaired) electrons. The molecule has 1 atom stereocenters. The number of anilines is 1. The lowest BCUT2D eigenvalue weighted by Gasteiger charge is -2.31. The van der Waals surface area contributed by atoms with Crippen LogP contribution in [0.4, 0.5) is 5.69 Å². The zero-order chi connectivity index (χ0) is 12.4. The normalized spacial score (nSPS) is 20.4. The largest absolute Gasteiger partial charge is 0.398 e. The van der Waals surface area contributed by atoms with Crippen molar-refractivity contribution in [3.05, 3.63) is 28.2 Å². The Hall–Kier alpha value is -1.07. The number of benzene rings is 1. The molecule has 0 aromatic heterocycles. The maximum Gasteiger partial charge on any atom is 0.256 e. The Kier molecular flexibility index (Phi) is 3.69. The second-order valence-electron chi connectivity index (χ2n) is 4.16. The summed E-state index contributed by atoms with van der Waals surface area (Å²) in [4.78, 5) is 14.1. The Morgan fingerprint density at radius 2 is 2.35 bits per heavy atom. The molecule has 1 aliphatic heterocycles. The molecule has 92 valence electrons. The molecule has 1 unspecified atom stereocenters. The minimum Gasteiger partial charge on any atom is -0.398 e. The van der Waals surface area contributed by atoms with Gasteiger partial charge in [0, 0.05) is 23.2 Å². The minimum absolute atomic E-state index is 0.0287. The van der Waals surface area contributed by atoms with Crippen molar-refractivity contribution in [1.82, 2.24) is 4.90 Å². The van der Waals surface area contributed by atoms with Crippen molar-refractivity contribution in [3.63, 3.8) is 0 Å². The van der Waals surface area contributed by atoms with E-state index in [1.807, 2.05) is 13.0 Å². The lowest BCUT2D eigenvalue weighted by Crippen LogP contribution is -2.44. The van der Waals surface area contributed by atoms with Crippen LogP contribution >= 0.6 is 15.9 Å². The van der Waals surface area contributed by atoms with Crippen LogP contribution in [0.25, 0.3) is 0 Å². The molecule has 2 rings (SSSR count). The molecule has 0 saturated carbocycles. The smallest absolute Gasteiger partial charge is 0.256 e. The highest BCUT2D eigenvalue weighted by atomic mass is 79.9. The first kappa shape index (κ1) is 12.4. The highest BCUT2D eigenvalue weighted by molar-refractivity contribution is 9.10. The van der Waals surface area contributed by atoms with E-state index in [0.29, 0.717) is 30.9 Å². The van der Waals surface area contributed by atoms with E-state index in [9.17, 15) is 4.79 Å². The van der Waals surface area contributed by atoms with Crippen LogP contribution in [0.1, 0.15) is 17.3 Å². The first-order valence-electron chi connectivity index (χ1n) is 5.54. The molecule has 1 heterocycles. The van der Waals surface area contributed by atoms with Gasteiger partial charge in [-0.05, 0) is 25.1 Å². The Morgan fingerprint density at radius 3 is 3.06 bits per heavy atom. The van der Waals surface area contributed by atoms with Crippen LogP contribution < -0.4 is 5.73 Å². The number of ether oxygens (including phenoxy) is 1. The van der Waals surface area contributed by atoms with Crippen molar-refractivity contribution in [2.45, 2.75) is 13.0 Å². The van der Waals surface area contributed by atoms with Crippen LogP contribution in [0, 0.1) is 0 Å². The monoisotopic (exact) mass is 298 g/mol. The van der Waals surface area contributed by atoms with Gasteiger partial charge in [-0.25, -0.2) is 0 Å². The molecular weight excluding hydrogens is 284 g/mol. The summed E-state index contributed by atoms with van der Waals surface area (Å²) in [5.41, 5.74) is 6.89. The second-order valence-corrected chi connectivity index (χ2v) is 5.08. The zero-order valence-corrected chi connectivity index (χ0v) is 11.2. The number of hydrogen-bond donors (Lipinski definition) is 1. The van der Waals surface area contributed by atoms with E-state index < -0.39 is 0 Å². The van der Waals surface area contributed by atoms with Crippen LogP contribution in [0.2, 0.25) is 0 Å². The van der Waals surface area contributed by atoms with Gasteiger partial charge in [0.05, 0.1) is 18.3 Å². The number of morpholine rings is 1. The lowest BCUT2D eigenvalue weighted by molar-refractivity contribution is -0.0123. The summed E-state index contributed by atoms with van der Waals surface area (Å²) in [5.74, 6) is -0.0287. The lowest BCUT2D eigenvalue weighted by atomic mass is 10.1. The number of rotatable bonds is 1. The van der Waals surface area contributed by atoms with E-state index in [1.54, 1.807) is 17.0 Å². The van der Waals surface area contributed by atoms with Crippen LogP contribution in [0.5, 0.6) is 0 Å². The van der Waals surface area contributed by atoms with Gasteiger partial charge in [-0.2, -0.15) is 0 Å². The van der Waals surface area contributed by atoms with Gasteiger partial charge in [-0.3, -0.25) is 4.79 Å².